The lowest BCUT2D eigenvalue weighted by molar-refractivity contribution is 0.0517. The molecule has 1 heterocycles. The van der Waals surface area contributed by atoms with Crippen molar-refractivity contribution in [2.75, 3.05) is 13.7 Å². The number of benzene rings is 3. The molecule has 0 spiro atoms. The third-order valence-corrected chi connectivity index (χ3v) is 7.53. The molecule has 1 amide bonds. The summed E-state index contributed by atoms with van der Waals surface area (Å²) in [4.78, 5) is 25.5. The van der Waals surface area contributed by atoms with Crippen molar-refractivity contribution >= 4 is 61.3 Å². The minimum Gasteiger partial charge on any atom is -0.493 e. The fourth-order valence-electron chi connectivity index (χ4n) is 4.61. The number of hydrogen-bond donors (Lipinski definition) is 1. The molecule has 0 aliphatic carbocycles. The molecule has 3 aromatic carbocycles. The molecule has 7 nitrogen and oxygen atoms in total. The third-order valence-electron chi connectivity index (χ3n) is 6.16. The number of amides is 1. The lowest BCUT2D eigenvalue weighted by Crippen LogP contribution is -2.32. The number of alkyl carbamates (subject to hydrolysis) is 1. The molecule has 0 saturated heterocycles. The van der Waals surface area contributed by atoms with Crippen molar-refractivity contribution in [3.05, 3.63) is 74.8 Å². The summed E-state index contributed by atoms with van der Waals surface area (Å²) < 4.78 is 19.3. The molecular formula is C30H32BrClN2O5. The highest BCUT2D eigenvalue weighted by molar-refractivity contribution is 9.10. The van der Waals surface area contributed by atoms with Gasteiger partial charge in [0.15, 0.2) is 0 Å². The lowest BCUT2D eigenvalue weighted by atomic mass is 10.1. The first-order chi connectivity index (χ1) is 18.5. The molecule has 0 aliphatic rings. The number of aryl methyl sites for hydroxylation is 2. The third kappa shape index (κ3) is 6.50. The molecule has 1 N–H and O–H groups in total. The largest absolute Gasteiger partial charge is 0.493 e. The van der Waals surface area contributed by atoms with Gasteiger partial charge in [-0.25, -0.2) is 9.59 Å². The van der Waals surface area contributed by atoms with Gasteiger partial charge in [-0.15, -0.1) is 0 Å². The van der Waals surface area contributed by atoms with Gasteiger partial charge in [0.05, 0.1) is 24.3 Å². The molecule has 0 aliphatic heterocycles. The van der Waals surface area contributed by atoms with Crippen LogP contribution in [0.4, 0.5) is 4.79 Å². The predicted octanol–water partition coefficient (Wildman–Crippen LogP) is 7.80. The number of methoxy groups -OCH3 is 1. The van der Waals surface area contributed by atoms with Gasteiger partial charge in [0, 0.05) is 33.9 Å². The predicted molar refractivity (Wildman–Crippen MR) is 158 cm³/mol. The van der Waals surface area contributed by atoms with Gasteiger partial charge in [0.25, 0.3) is 0 Å². The van der Waals surface area contributed by atoms with E-state index in [1.165, 1.54) is 7.11 Å². The maximum absolute atomic E-state index is 13.1. The van der Waals surface area contributed by atoms with Gasteiger partial charge in [0.2, 0.25) is 0 Å². The van der Waals surface area contributed by atoms with Gasteiger partial charge < -0.3 is 24.1 Å². The number of rotatable bonds is 8. The average Bonchev–Trinajstić information content (AvgIpc) is 3.19. The molecule has 0 atom stereocenters. The van der Waals surface area contributed by atoms with Crippen LogP contribution in [0.5, 0.6) is 5.75 Å². The standard InChI is InChI=1S/C30H32BrClN2O5/c1-18-15-19-9-6-7-10-20(19)24(16-18)38-14-8-13-34-23-12-11-22(32)26(31)25(23)21(27(34)28(35)37-5)17-33-29(36)39-30(2,3)4/h6-7,9-12,15-16H,8,13-14,17H2,1-5H3,(H,33,36). The minimum atomic E-state index is -0.657. The Labute approximate surface area is 241 Å². The molecule has 4 aromatic rings. The molecule has 9 heteroatoms. The zero-order chi connectivity index (χ0) is 28.3. The van der Waals surface area contributed by atoms with Crippen LogP contribution < -0.4 is 10.1 Å². The number of hydrogen-bond acceptors (Lipinski definition) is 5. The Kier molecular flexibility index (Phi) is 8.76. The van der Waals surface area contributed by atoms with Gasteiger partial charge in [-0.2, -0.15) is 0 Å². The summed E-state index contributed by atoms with van der Waals surface area (Å²) in [6.45, 7) is 8.37. The van der Waals surface area contributed by atoms with Gasteiger partial charge in [-0.3, -0.25) is 0 Å². The monoisotopic (exact) mass is 614 g/mol. The number of ether oxygens (including phenoxy) is 3. The Bertz CT molecular complexity index is 1540. The number of halogens is 2. The van der Waals surface area contributed by atoms with E-state index in [2.05, 4.69) is 33.4 Å². The number of carbonyl (C=O) groups is 2. The van der Waals surface area contributed by atoms with E-state index in [0.29, 0.717) is 40.3 Å². The van der Waals surface area contributed by atoms with E-state index in [1.54, 1.807) is 26.8 Å². The summed E-state index contributed by atoms with van der Waals surface area (Å²) in [5.74, 6) is 0.314. The first kappa shape index (κ1) is 28.8. The van der Waals surface area contributed by atoms with E-state index >= 15 is 0 Å². The van der Waals surface area contributed by atoms with E-state index < -0.39 is 17.7 Å². The van der Waals surface area contributed by atoms with Crippen LogP contribution in [0.25, 0.3) is 21.7 Å². The lowest BCUT2D eigenvalue weighted by Gasteiger charge is -2.19. The Balaban J connectivity index is 1.63. The Hall–Kier alpha value is -3.23. The maximum atomic E-state index is 13.1. The number of fused-ring (bicyclic) bond motifs is 2. The highest BCUT2D eigenvalue weighted by atomic mass is 79.9. The quantitative estimate of drug-likeness (QED) is 0.162. The second-order valence-electron chi connectivity index (χ2n) is 10.3. The van der Waals surface area contributed by atoms with Crippen molar-refractivity contribution < 1.29 is 23.8 Å². The van der Waals surface area contributed by atoms with E-state index in [1.807, 2.05) is 41.8 Å². The van der Waals surface area contributed by atoms with Crippen molar-refractivity contribution in [1.82, 2.24) is 9.88 Å². The fraction of sp³-hybridized carbons (Fsp3) is 0.333. The zero-order valence-corrected chi connectivity index (χ0v) is 25.0. The Morgan fingerprint density at radius 2 is 1.85 bits per heavy atom. The summed E-state index contributed by atoms with van der Waals surface area (Å²) in [5.41, 5.74) is 2.18. The van der Waals surface area contributed by atoms with Crippen LogP contribution in [0.2, 0.25) is 5.02 Å². The maximum Gasteiger partial charge on any atom is 0.407 e. The van der Waals surface area contributed by atoms with E-state index in [-0.39, 0.29) is 6.54 Å². The highest BCUT2D eigenvalue weighted by Crippen LogP contribution is 2.37. The number of aromatic nitrogens is 1. The van der Waals surface area contributed by atoms with Crippen molar-refractivity contribution in [3.63, 3.8) is 0 Å². The summed E-state index contributed by atoms with van der Waals surface area (Å²) in [6.07, 6.45) is 0.0334. The molecule has 0 bridgehead atoms. The van der Waals surface area contributed by atoms with E-state index in [4.69, 9.17) is 25.8 Å². The molecule has 0 saturated carbocycles. The number of nitrogens with zero attached hydrogens (tertiary/aromatic N) is 1. The second-order valence-corrected chi connectivity index (χ2v) is 11.5. The summed E-state index contributed by atoms with van der Waals surface area (Å²) in [7, 11) is 1.34. The van der Waals surface area contributed by atoms with Crippen molar-refractivity contribution in [2.24, 2.45) is 0 Å². The number of nitrogens with one attached hydrogen (secondary N) is 1. The molecule has 0 fully saturated rings. The van der Waals surface area contributed by atoms with Crippen LogP contribution in [-0.2, 0) is 22.6 Å². The van der Waals surface area contributed by atoms with Crippen molar-refractivity contribution in [1.29, 1.82) is 0 Å². The fourth-order valence-corrected chi connectivity index (χ4v) is 5.34. The highest BCUT2D eigenvalue weighted by Gasteiger charge is 2.26. The van der Waals surface area contributed by atoms with E-state index in [0.717, 1.165) is 33.0 Å². The van der Waals surface area contributed by atoms with Crippen LogP contribution in [0, 0.1) is 6.92 Å². The SMILES string of the molecule is COC(=O)c1c(CNC(=O)OC(C)(C)C)c2c(Br)c(Cl)ccc2n1CCCOc1cc(C)cc2ccccc12. The molecule has 206 valence electrons. The van der Waals surface area contributed by atoms with Crippen molar-refractivity contribution in [2.45, 2.75) is 52.8 Å². The van der Waals surface area contributed by atoms with Gasteiger partial charge in [-0.1, -0.05) is 41.9 Å². The molecule has 0 radical (unpaired) electrons. The van der Waals surface area contributed by atoms with Gasteiger partial charge >= 0.3 is 12.1 Å². The molecular weight excluding hydrogens is 584 g/mol. The Morgan fingerprint density at radius 3 is 2.56 bits per heavy atom. The first-order valence-electron chi connectivity index (χ1n) is 12.7. The van der Waals surface area contributed by atoms with Crippen LogP contribution in [0.1, 0.15) is 48.8 Å². The summed E-state index contributed by atoms with van der Waals surface area (Å²) in [6, 6.07) is 15.9. The van der Waals surface area contributed by atoms with Crippen LogP contribution in [-0.4, -0.2) is 35.9 Å². The molecule has 0 unspecified atom stereocenters. The van der Waals surface area contributed by atoms with Crippen LogP contribution in [0.15, 0.2) is 53.0 Å². The number of carbonyl (C=O) groups excluding carboxylic acids is 2. The Morgan fingerprint density at radius 1 is 1.10 bits per heavy atom. The van der Waals surface area contributed by atoms with Crippen molar-refractivity contribution in [3.8, 4) is 5.75 Å². The van der Waals surface area contributed by atoms with Crippen LogP contribution in [0.3, 0.4) is 0 Å². The topological polar surface area (TPSA) is 78.8 Å². The van der Waals surface area contributed by atoms with Gasteiger partial charge in [-0.05, 0) is 79.2 Å². The zero-order valence-electron chi connectivity index (χ0n) is 22.7. The normalized spacial score (nSPS) is 11.6. The molecule has 4 rings (SSSR count). The van der Waals surface area contributed by atoms with E-state index in [9.17, 15) is 9.59 Å². The molecule has 39 heavy (non-hydrogen) atoms. The smallest absolute Gasteiger partial charge is 0.407 e. The summed E-state index contributed by atoms with van der Waals surface area (Å²) >= 11 is 10.0. The average molecular weight is 616 g/mol. The number of esters is 1. The molecule has 1 aromatic heterocycles. The second kappa shape index (κ2) is 11.9. The van der Waals surface area contributed by atoms with Gasteiger partial charge in [0.1, 0.15) is 17.0 Å². The first-order valence-corrected chi connectivity index (χ1v) is 13.8. The minimum absolute atomic E-state index is 0.0492. The summed E-state index contributed by atoms with van der Waals surface area (Å²) in [5, 5.41) is 6.16. The van der Waals surface area contributed by atoms with Crippen LogP contribution >= 0.6 is 27.5 Å².